The van der Waals surface area contributed by atoms with Crippen LogP contribution in [0.5, 0.6) is 11.5 Å². The highest BCUT2D eigenvalue weighted by Crippen LogP contribution is 2.41. The second-order valence-electron chi connectivity index (χ2n) is 6.53. The molecule has 0 radical (unpaired) electrons. The van der Waals surface area contributed by atoms with Gasteiger partial charge in [-0.05, 0) is 48.4 Å². The first-order valence-electron chi connectivity index (χ1n) is 8.68. The van der Waals surface area contributed by atoms with Gasteiger partial charge in [-0.1, -0.05) is 18.2 Å². The third kappa shape index (κ3) is 4.04. The minimum Gasteiger partial charge on any atom is -0.497 e. The molecule has 0 aliphatic carbocycles. The lowest BCUT2D eigenvalue weighted by Crippen LogP contribution is -2.57. The van der Waals surface area contributed by atoms with Crippen molar-refractivity contribution in [1.82, 2.24) is 5.01 Å². The van der Waals surface area contributed by atoms with Gasteiger partial charge in [-0.25, -0.2) is 0 Å². The number of carbonyl (C=O) groups excluding carboxylic acids is 1. The van der Waals surface area contributed by atoms with Crippen molar-refractivity contribution in [3.63, 3.8) is 0 Å². The monoisotopic (exact) mass is 408 g/mol. The molecule has 1 atom stereocenters. The summed E-state index contributed by atoms with van der Waals surface area (Å²) in [6.07, 6.45) is -6.00. The van der Waals surface area contributed by atoms with Gasteiger partial charge >= 0.3 is 6.18 Å². The molecule has 1 unspecified atom stereocenters. The van der Waals surface area contributed by atoms with Gasteiger partial charge in [0.25, 0.3) is 11.6 Å². The Morgan fingerprint density at radius 3 is 2.45 bits per heavy atom. The van der Waals surface area contributed by atoms with Gasteiger partial charge in [-0.15, -0.1) is 0 Å². The number of nitrogens with zero attached hydrogens (tertiary/aromatic N) is 2. The Morgan fingerprint density at radius 1 is 1.21 bits per heavy atom. The highest BCUT2D eigenvalue weighted by atomic mass is 19.4. The molecule has 2 aromatic carbocycles. The molecule has 1 amide bonds. The van der Waals surface area contributed by atoms with Gasteiger partial charge in [0, 0.05) is 0 Å². The van der Waals surface area contributed by atoms with Crippen molar-refractivity contribution in [2.45, 2.75) is 25.2 Å². The number of benzene rings is 2. The number of hydrogen-bond donors (Lipinski definition) is 1. The van der Waals surface area contributed by atoms with Crippen molar-refractivity contribution in [3.05, 3.63) is 59.7 Å². The molecule has 3 rings (SSSR count). The minimum absolute atomic E-state index is 0.0604. The molecule has 1 heterocycles. The average Bonchev–Trinajstić information content (AvgIpc) is 3.06. The van der Waals surface area contributed by atoms with Gasteiger partial charge in [0.05, 0.1) is 19.2 Å². The number of ether oxygens (including phenoxy) is 2. The van der Waals surface area contributed by atoms with E-state index >= 15 is 0 Å². The van der Waals surface area contributed by atoms with Gasteiger partial charge in [0.15, 0.2) is 6.61 Å². The molecular weight excluding hydrogens is 389 g/mol. The van der Waals surface area contributed by atoms with E-state index in [1.54, 1.807) is 43.3 Å². The van der Waals surface area contributed by atoms with Crippen LogP contribution < -0.4 is 9.47 Å². The van der Waals surface area contributed by atoms with Crippen LogP contribution in [0.3, 0.4) is 0 Å². The van der Waals surface area contributed by atoms with Crippen LogP contribution in [-0.4, -0.2) is 47.4 Å². The van der Waals surface area contributed by atoms with E-state index in [0.29, 0.717) is 17.1 Å². The van der Waals surface area contributed by atoms with E-state index < -0.39 is 30.8 Å². The van der Waals surface area contributed by atoms with Crippen LogP contribution in [0.1, 0.15) is 17.5 Å². The number of rotatable bonds is 5. The third-order valence-corrected chi connectivity index (χ3v) is 4.54. The zero-order valence-electron chi connectivity index (χ0n) is 15.7. The Kier molecular flexibility index (Phi) is 5.52. The zero-order chi connectivity index (χ0) is 21.2. The predicted octanol–water partition coefficient (Wildman–Crippen LogP) is 3.27. The molecule has 9 heteroatoms. The van der Waals surface area contributed by atoms with Crippen molar-refractivity contribution >= 4 is 11.6 Å². The molecule has 0 saturated heterocycles. The zero-order valence-corrected chi connectivity index (χ0v) is 15.7. The second-order valence-corrected chi connectivity index (χ2v) is 6.53. The lowest BCUT2D eigenvalue weighted by molar-refractivity contribution is -0.302. The number of carbonyl (C=O) groups is 1. The SMILES string of the molecule is COc1ccc(C2=NN(C(=O)COc3ccccc3C)C(O)(C(F)(F)F)C2)cc1. The number of hydrogen-bond acceptors (Lipinski definition) is 5. The first-order chi connectivity index (χ1) is 13.7. The summed E-state index contributed by atoms with van der Waals surface area (Å²) < 4.78 is 51.2. The van der Waals surface area contributed by atoms with Crippen LogP contribution in [0, 0.1) is 6.92 Å². The lowest BCUT2D eigenvalue weighted by Gasteiger charge is -2.32. The van der Waals surface area contributed by atoms with Gasteiger partial charge in [0.2, 0.25) is 0 Å². The molecule has 1 aliphatic rings. The topological polar surface area (TPSA) is 71.4 Å². The fraction of sp³-hybridized carbons (Fsp3) is 0.300. The van der Waals surface area contributed by atoms with Crippen LogP contribution in [-0.2, 0) is 4.79 Å². The van der Waals surface area contributed by atoms with Gasteiger partial charge in [0.1, 0.15) is 11.5 Å². The Hall–Kier alpha value is -3.07. The van der Waals surface area contributed by atoms with Crippen molar-refractivity contribution in [2.75, 3.05) is 13.7 Å². The molecular formula is C20H19F3N2O4. The van der Waals surface area contributed by atoms with E-state index in [-0.39, 0.29) is 10.7 Å². The summed E-state index contributed by atoms with van der Waals surface area (Å²) in [5.74, 6) is -0.246. The second kappa shape index (κ2) is 7.75. The number of aliphatic hydroxyl groups is 1. The van der Waals surface area contributed by atoms with Crippen molar-refractivity contribution in [2.24, 2.45) is 5.10 Å². The number of methoxy groups -OCH3 is 1. The summed E-state index contributed by atoms with van der Waals surface area (Å²) in [4.78, 5) is 12.5. The molecule has 0 bridgehead atoms. The molecule has 1 aliphatic heterocycles. The maximum absolute atomic E-state index is 13.6. The number of amides is 1. The number of hydrazone groups is 1. The van der Waals surface area contributed by atoms with Crippen molar-refractivity contribution < 1.29 is 32.5 Å². The maximum atomic E-state index is 13.6. The van der Waals surface area contributed by atoms with E-state index in [0.717, 1.165) is 5.56 Å². The molecule has 1 N–H and O–H groups in total. The van der Waals surface area contributed by atoms with Crippen LogP contribution in [0.2, 0.25) is 0 Å². The quantitative estimate of drug-likeness (QED) is 0.825. The standard InChI is InChI=1S/C20H19F3N2O4/c1-13-5-3-4-6-17(13)29-12-18(26)25-19(27,20(21,22)23)11-16(24-25)14-7-9-15(28-2)10-8-14/h3-10,27H,11-12H2,1-2H3. The van der Waals surface area contributed by atoms with Crippen molar-refractivity contribution in [1.29, 1.82) is 0 Å². The normalized spacial score (nSPS) is 19.1. The van der Waals surface area contributed by atoms with Crippen LogP contribution in [0.4, 0.5) is 13.2 Å². The molecule has 0 aromatic heterocycles. The average molecular weight is 408 g/mol. The number of halogens is 3. The van der Waals surface area contributed by atoms with E-state index in [2.05, 4.69) is 5.10 Å². The first-order valence-corrected chi connectivity index (χ1v) is 8.68. The number of alkyl halides is 3. The summed E-state index contributed by atoms with van der Waals surface area (Å²) in [7, 11) is 1.46. The lowest BCUT2D eigenvalue weighted by atomic mass is 10.0. The van der Waals surface area contributed by atoms with E-state index in [9.17, 15) is 23.1 Å². The smallest absolute Gasteiger partial charge is 0.438 e. The Bertz CT molecular complexity index is 928. The molecule has 6 nitrogen and oxygen atoms in total. The first kappa shape index (κ1) is 20.7. The van der Waals surface area contributed by atoms with Gasteiger partial charge in [-0.3, -0.25) is 4.79 Å². The van der Waals surface area contributed by atoms with Crippen molar-refractivity contribution in [3.8, 4) is 11.5 Å². The maximum Gasteiger partial charge on any atom is 0.438 e. The summed E-state index contributed by atoms with van der Waals surface area (Å²) in [5, 5.41) is 14.2. The molecule has 29 heavy (non-hydrogen) atoms. The van der Waals surface area contributed by atoms with E-state index in [4.69, 9.17) is 9.47 Å². The summed E-state index contributed by atoms with van der Waals surface area (Å²) in [6, 6.07) is 12.9. The highest BCUT2D eigenvalue weighted by molar-refractivity contribution is 6.03. The van der Waals surface area contributed by atoms with Gasteiger partial charge < -0.3 is 14.6 Å². The molecule has 154 valence electrons. The van der Waals surface area contributed by atoms with Gasteiger partial charge in [-0.2, -0.15) is 23.3 Å². The highest BCUT2D eigenvalue weighted by Gasteiger charge is 2.63. The number of para-hydroxylation sites is 1. The fourth-order valence-electron chi connectivity index (χ4n) is 2.89. The number of aryl methyl sites for hydroxylation is 1. The molecule has 0 fully saturated rings. The van der Waals surface area contributed by atoms with Crippen LogP contribution in [0.25, 0.3) is 0 Å². The third-order valence-electron chi connectivity index (χ3n) is 4.54. The summed E-state index contributed by atoms with van der Waals surface area (Å²) in [6.45, 7) is 1.03. The fourth-order valence-corrected chi connectivity index (χ4v) is 2.89. The molecule has 0 saturated carbocycles. The predicted molar refractivity (Wildman–Crippen MR) is 98.7 cm³/mol. The Morgan fingerprint density at radius 2 is 1.86 bits per heavy atom. The summed E-state index contributed by atoms with van der Waals surface area (Å²) >= 11 is 0. The van der Waals surface area contributed by atoms with Crippen LogP contribution >= 0.6 is 0 Å². The summed E-state index contributed by atoms with van der Waals surface area (Å²) in [5.41, 5.74) is -2.47. The van der Waals surface area contributed by atoms with E-state index in [1.165, 1.54) is 19.2 Å². The molecule has 0 spiro atoms. The largest absolute Gasteiger partial charge is 0.497 e. The Labute approximate surface area is 165 Å². The Balaban J connectivity index is 1.86. The van der Waals surface area contributed by atoms with Crippen LogP contribution in [0.15, 0.2) is 53.6 Å². The van der Waals surface area contributed by atoms with E-state index in [1.807, 2.05) is 0 Å². The molecule has 2 aromatic rings. The minimum atomic E-state index is -5.11.